The molecule has 222 valence electrons. The number of rotatable bonds is 14. The van der Waals surface area contributed by atoms with Crippen LogP contribution in [0.25, 0.3) is 0 Å². The van der Waals surface area contributed by atoms with Gasteiger partial charge in [0.15, 0.2) is 0 Å². The molecule has 2 unspecified atom stereocenters. The summed E-state index contributed by atoms with van der Waals surface area (Å²) in [6.07, 6.45) is 9.38. The third-order valence-corrected chi connectivity index (χ3v) is 8.93. The minimum Gasteiger partial charge on any atom is -0.492 e. The van der Waals surface area contributed by atoms with Crippen molar-refractivity contribution in [3.05, 3.63) is 90.1 Å². The van der Waals surface area contributed by atoms with Gasteiger partial charge in [-0.05, 0) is 118 Å². The highest BCUT2D eigenvalue weighted by molar-refractivity contribution is 14.1. The molecule has 0 saturated carbocycles. The van der Waals surface area contributed by atoms with Crippen molar-refractivity contribution in [3.63, 3.8) is 0 Å². The number of hydrogen-bond acceptors (Lipinski definition) is 2. The van der Waals surface area contributed by atoms with Crippen molar-refractivity contribution in [2.24, 2.45) is 11.8 Å². The Morgan fingerprint density at radius 1 is 0.571 bits per heavy atom. The lowest BCUT2D eigenvalue weighted by molar-refractivity contribution is 0.227. The fraction of sp³-hybridized carbons (Fsp3) is 0.421. The van der Waals surface area contributed by atoms with Crippen LogP contribution in [0.2, 0.25) is 0 Å². The maximum atomic E-state index is 6.53. The van der Waals surface area contributed by atoms with Crippen LogP contribution in [-0.4, -0.2) is 13.2 Å². The molecule has 0 bridgehead atoms. The third kappa shape index (κ3) is 11.8. The van der Waals surface area contributed by atoms with E-state index < -0.39 is 0 Å². The Bertz CT molecular complexity index is 1250. The second-order valence-corrected chi connectivity index (χ2v) is 13.3. The summed E-state index contributed by atoms with van der Waals surface area (Å²) in [4.78, 5) is 0. The molecule has 4 heteroatoms. The maximum Gasteiger partial charge on any atom is 0.136 e. The molecule has 0 aliphatic rings. The van der Waals surface area contributed by atoms with E-state index in [0.29, 0.717) is 25.0 Å². The van der Waals surface area contributed by atoms with E-state index in [9.17, 15) is 0 Å². The van der Waals surface area contributed by atoms with Gasteiger partial charge in [0.05, 0.1) is 24.3 Å². The SMILES string of the molecule is CCCCC(CC)COc1cc(C#Cc2ccc(I)cc2)c(OCC(CC)CCCC)cc1C#Cc1ccc(I)cc1. The van der Waals surface area contributed by atoms with Crippen molar-refractivity contribution in [1.29, 1.82) is 0 Å². The Hall–Kier alpha value is -2.16. The number of hydrogen-bond donors (Lipinski definition) is 0. The van der Waals surface area contributed by atoms with Gasteiger partial charge in [-0.2, -0.15) is 0 Å². The van der Waals surface area contributed by atoms with Crippen molar-refractivity contribution in [2.45, 2.75) is 79.1 Å². The molecule has 42 heavy (non-hydrogen) atoms. The minimum atomic E-state index is 0.517. The lowest BCUT2D eigenvalue weighted by atomic mass is 10.00. The molecule has 0 aliphatic heterocycles. The number of halogens is 2. The number of benzene rings is 3. The van der Waals surface area contributed by atoms with Gasteiger partial charge < -0.3 is 9.47 Å². The Morgan fingerprint density at radius 2 is 0.952 bits per heavy atom. The molecule has 3 aromatic rings. The molecule has 0 amide bonds. The third-order valence-electron chi connectivity index (χ3n) is 7.49. The van der Waals surface area contributed by atoms with E-state index in [1.54, 1.807) is 0 Å². The van der Waals surface area contributed by atoms with Crippen molar-refractivity contribution in [2.75, 3.05) is 13.2 Å². The van der Waals surface area contributed by atoms with E-state index in [-0.39, 0.29) is 0 Å². The van der Waals surface area contributed by atoms with Gasteiger partial charge in [-0.25, -0.2) is 0 Å². The summed E-state index contributed by atoms with van der Waals surface area (Å²) in [5.41, 5.74) is 3.64. The van der Waals surface area contributed by atoms with Gasteiger partial charge in [-0.3, -0.25) is 0 Å². The van der Waals surface area contributed by atoms with Crippen molar-refractivity contribution < 1.29 is 9.47 Å². The van der Waals surface area contributed by atoms with E-state index >= 15 is 0 Å². The summed E-state index contributed by atoms with van der Waals surface area (Å²) >= 11 is 4.64. The highest BCUT2D eigenvalue weighted by atomic mass is 127. The fourth-order valence-electron chi connectivity index (χ4n) is 4.55. The van der Waals surface area contributed by atoms with E-state index in [1.807, 2.05) is 12.1 Å². The van der Waals surface area contributed by atoms with Crippen LogP contribution >= 0.6 is 45.2 Å². The molecular weight excluding hydrogens is 742 g/mol. The molecule has 2 atom stereocenters. The zero-order valence-corrected chi connectivity index (χ0v) is 29.9. The second kappa shape index (κ2) is 19.2. The topological polar surface area (TPSA) is 18.5 Å². The van der Waals surface area contributed by atoms with Gasteiger partial charge in [-0.15, -0.1) is 0 Å². The summed E-state index contributed by atoms with van der Waals surface area (Å²) < 4.78 is 15.4. The molecule has 0 fully saturated rings. The molecule has 0 aromatic heterocycles. The Kier molecular flexibility index (Phi) is 15.7. The van der Waals surface area contributed by atoms with E-state index in [2.05, 4.69) is 145 Å². The van der Waals surface area contributed by atoms with E-state index in [0.717, 1.165) is 46.6 Å². The average molecular weight is 787 g/mol. The Morgan fingerprint density at radius 3 is 1.29 bits per heavy atom. The Labute approximate surface area is 282 Å². The molecule has 0 radical (unpaired) electrons. The quantitative estimate of drug-likeness (QED) is 0.120. The number of ether oxygens (including phenoxy) is 2. The monoisotopic (exact) mass is 786 g/mol. The normalized spacial score (nSPS) is 12.0. The first-order valence-corrected chi connectivity index (χ1v) is 17.6. The zero-order valence-electron chi connectivity index (χ0n) is 25.6. The molecule has 0 saturated heterocycles. The van der Waals surface area contributed by atoms with Crippen LogP contribution in [0.5, 0.6) is 11.5 Å². The summed E-state index contributed by atoms with van der Waals surface area (Å²) in [6.45, 7) is 10.3. The molecular formula is C38H44I2O2. The van der Waals surface area contributed by atoms with E-state index in [4.69, 9.17) is 9.47 Å². The van der Waals surface area contributed by atoms with Crippen LogP contribution < -0.4 is 9.47 Å². The number of unbranched alkanes of at least 4 members (excludes halogenated alkanes) is 2. The summed E-state index contributed by atoms with van der Waals surface area (Å²) in [6, 6.07) is 20.7. The molecule has 0 spiro atoms. The highest BCUT2D eigenvalue weighted by Gasteiger charge is 2.15. The smallest absolute Gasteiger partial charge is 0.136 e. The van der Waals surface area contributed by atoms with Gasteiger partial charge >= 0.3 is 0 Å². The minimum absolute atomic E-state index is 0.517. The fourth-order valence-corrected chi connectivity index (χ4v) is 5.27. The van der Waals surface area contributed by atoms with Gasteiger partial charge in [0.25, 0.3) is 0 Å². The molecule has 3 aromatic carbocycles. The van der Waals surface area contributed by atoms with Crippen LogP contribution in [0.15, 0.2) is 60.7 Å². The highest BCUT2D eigenvalue weighted by Crippen LogP contribution is 2.30. The summed E-state index contributed by atoms with van der Waals surface area (Å²) in [5, 5.41) is 0. The first kappa shape index (κ1) is 34.3. The largest absolute Gasteiger partial charge is 0.492 e. The van der Waals surface area contributed by atoms with Crippen LogP contribution in [-0.2, 0) is 0 Å². The van der Waals surface area contributed by atoms with Gasteiger partial charge in [-0.1, -0.05) is 89.9 Å². The predicted octanol–water partition coefficient (Wildman–Crippen LogP) is 10.9. The van der Waals surface area contributed by atoms with Gasteiger partial charge in [0, 0.05) is 30.4 Å². The first-order valence-electron chi connectivity index (χ1n) is 15.4. The maximum absolute atomic E-state index is 6.53. The van der Waals surface area contributed by atoms with Crippen LogP contribution in [0.3, 0.4) is 0 Å². The van der Waals surface area contributed by atoms with Crippen molar-refractivity contribution >= 4 is 45.2 Å². The lowest BCUT2D eigenvalue weighted by Crippen LogP contribution is -2.13. The first-order chi connectivity index (χ1) is 20.4. The Balaban J connectivity index is 2.04. The molecule has 3 rings (SSSR count). The van der Waals surface area contributed by atoms with Gasteiger partial charge in [0.1, 0.15) is 11.5 Å². The molecule has 0 heterocycles. The van der Waals surface area contributed by atoms with Crippen LogP contribution in [0.4, 0.5) is 0 Å². The van der Waals surface area contributed by atoms with Crippen LogP contribution in [0.1, 0.15) is 101 Å². The zero-order chi connectivity index (χ0) is 30.2. The van der Waals surface area contributed by atoms with Crippen molar-refractivity contribution in [1.82, 2.24) is 0 Å². The summed E-state index contributed by atoms with van der Waals surface area (Å²) in [7, 11) is 0. The van der Waals surface area contributed by atoms with Crippen molar-refractivity contribution in [3.8, 4) is 35.2 Å². The standard InChI is InChI=1S/C38H44I2O2/c1-5-9-11-29(7-3)27-41-37-25-34(20-14-32-17-23-36(40)24-18-32)38(42-28-30(8-4)12-10-6-2)26-33(37)19-13-31-15-21-35(39)22-16-31/h15-18,21-26,29-30H,5-12,27-28H2,1-4H3. The van der Waals surface area contributed by atoms with E-state index in [1.165, 1.54) is 45.7 Å². The van der Waals surface area contributed by atoms with Gasteiger partial charge in [0.2, 0.25) is 0 Å². The molecule has 2 nitrogen and oxygen atoms in total. The van der Waals surface area contributed by atoms with Crippen LogP contribution in [0, 0.1) is 42.7 Å². The predicted molar refractivity (Wildman–Crippen MR) is 194 cm³/mol. The molecule has 0 aliphatic carbocycles. The lowest BCUT2D eigenvalue weighted by Gasteiger charge is -2.19. The summed E-state index contributed by atoms with van der Waals surface area (Å²) in [5.74, 6) is 16.1. The second-order valence-electron chi connectivity index (χ2n) is 10.8. The molecule has 0 N–H and O–H groups in total. The average Bonchev–Trinajstić information content (AvgIpc) is 3.01.